The predicted molar refractivity (Wildman–Crippen MR) is 64.7 cm³/mol. The number of alkyl halides is 3. The largest absolute Gasteiger partial charge is 0.416 e. The number of amides is 3. The molecule has 3 amide bonds. The number of anilines is 1. The summed E-state index contributed by atoms with van der Waals surface area (Å²) in [5, 5.41) is 2.33. The van der Waals surface area contributed by atoms with Gasteiger partial charge in [0.15, 0.2) is 0 Å². The molecule has 0 saturated carbocycles. The first kappa shape index (κ1) is 13.9. The second kappa shape index (κ2) is 4.89. The van der Waals surface area contributed by atoms with Crippen molar-refractivity contribution in [1.82, 2.24) is 5.32 Å². The van der Waals surface area contributed by atoms with Gasteiger partial charge in [0.2, 0.25) is 0 Å². The third kappa shape index (κ3) is 2.45. The van der Waals surface area contributed by atoms with Crippen LogP contribution in [0, 0.1) is 12.3 Å². The van der Waals surface area contributed by atoms with E-state index in [2.05, 4.69) is 11.2 Å². The first-order valence-electron chi connectivity index (χ1n) is 5.60. The van der Waals surface area contributed by atoms with Gasteiger partial charge in [-0.25, -0.2) is 9.69 Å². The van der Waals surface area contributed by atoms with Gasteiger partial charge in [-0.05, 0) is 18.2 Å². The molecule has 1 unspecified atom stereocenters. The van der Waals surface area contributed by atoms with Crippen LogP contribution in [0.15, 0.2) is 24.3 Å². The fraction of sp³-hybridized carbons (Fsp3) is 0.231. The maximum Gasteiger partial charge on any atom is 0.416 e. The van der Waals surface area contributed by atoms with Crippen molar-refractivity contribution in [2.75, 3.05) is 4.90 Å². The second-order valence-electron chi connectivity index (χ2n) is 4.13. The van der Waals surface area contributed by atoms with E-state index in [9.17, 15) is 22.8 Å². The molecule has 1 aliphatic heterocycles. The summed E-state index contributed by atoms with van der Waals surface area (Å²) in [6.07, 6.45) is 0.499. The average Bonchev–Trinajstić information content (AvgIpc) is 2.64. The number of urea groups is 1. The second-order valence-corrected chi connectivity index (χ2v) is 4.13. The summed E-state index contributed by atoms with van der Waals surface area (Å²) >= 11 is 0. The molecule has 1 aromatic carbocycles. The molecule has 1 atom stereocenters. The Morgan fingerprint density at radius 3 is 2.65 bits per heavy atom. The lowest BCUT2D eigenvalue weighted by atomic mass is 10.1. The van der Waals surface area contributed by atoms with Crippen molar-refractivity contribution >= 4 is 17.6 Å². The van der Waals surface area contributed by atoms with Crippen LogP contribution in [-0.4, -0.2) is 18.0 Å². The van der Waals surface area contributed by atoms with Crippen molar-refractivity contribution in [3.8, 4) is 12.3 Å². The van der Waals surface area contributed by atoms with E-state index in [1.165, 1.54) is 6.07 Å². The molecule has 0 radical (unpaired) electrons. The number of terminal acetylenes is 1. The number of halogens is 3. The summed E-state index contributed by atoms with van der Waals surface area (Å²) in [4.78, 5) is 24.3. The Balaban J connectivity index is 2.35. The number of benzene rings is 1. The van der Waals surface area contributed by atoms with Gasteiger partial charge in [-0.2, -0.15) is 13.2 Å². The highest BCUT2D eigenvalue weighted by atomic mass is 19.4. The van der Waals surface area contributed by atoms with Crippen LogP contribution in [0.2, 0.25) is 0 Å². The number of carbonyl (C=O) groups excluding carboxylic acids is 2. The molecule has 1 aliphatic rings. The van der Waals surface area contributed by atoms with E-state index in [-0.39, 0.29) is 12.1 Å². The summed E-state index contributed by atoms with van der Waals surface area (Å²) in [7, 11) is 0. The zero-order chi connectivity index (χ0) is 14.9. The Kier molecular flexibility index (Phi) is 3.40. The Hall–Kier alpha value is -2.49. The van der Waals surface area contributed by atoms with Crippen LogP contribution in [0.4, 0.5) is 23.7 Å². The lowest BCUT2D eigenvalue weighted by Crippen LogP contribution is -2.31. The van der Waals surface area contributed by atoms with Crippen LogP contribution >= 0.6 is 0 Å². The number of rotatable bonds is 2. The molecule has 1 N–H and O–H groups in total. The lowest BCUT2D eigenvalue weighted by Gasteiger charge is -2.15. The number of imide groups is 1. The molecule has 1 aromatic rings. The minimum Gasteiger partial charge on any atom is -0.324 e. The van der Waals surface area contributed by atoms with E-state index in [0.29, 0.717) is 4.90 Å². The maximum absolute atomic E-state index is 12.6. The Bertz CT molecular complexity index is 604. The van der Waals surface area contributed by atoms with Crippen LogP contribution < -0.4 is 10.2 Å². The van der Waals surface area contributed by atoms with Gasteiger partial charge in [-0.15, -0.1) is 12.3 Å². The van der Waals surface area contributed by atoms with Crippen molar-refractivity contribution in [2.45, 2.75) is 18.6 Å². The number of nitrogens with zero attached hydrogens (tertiary/aromatic N) is 1. The minimum atomic E-state index is -4.55. The van der Waals surface area contributed by atoms with Crippen LogP contribution in [0.25, 0.3) is 0 Å². The van der Waals surface area contributed by atoms with E-state index < -0.39 is 29.7 Å². The lowest BCUT2D eigenvalue weighted by molar-refractivity contribution is -0.137. The van der Waals surface area contributed by atoms with E-state index in [1.807, 2.05) is 0 Å². The van der Waals surface area contributed by atoms with Crippen molar-refractivity contribution in [1.29, 1.82) is 0 Å². The van der Waals surface area contributed by atoms with Crippen molar-refractivity contribution in [3.63, 3.8) is 0 Å². The van der Waals surface area contributed by atoms with Gasteiger partial charge in [-0.3, -0.25) is 4.79 Å². The van der Waals surface area contributed by atoms with E-state index in [0.717, 1.165) is 18.2 Å². The average molecular weight is 282 g/mol. The third-order valence-electron chi connectivity index (χ3n) is 2.77. The molecular weight excluding hydrogens is 273 g/mol. The highest BCUT2D eigenvalue weighted by Crippen LogP contribution is 2.32. The molecule has 4 nitrogen and oxygen atoms in total. The molecular formula is C13H9F3N2O2. The molecule has 1 fully saturated rings. The number of carbonyl (C=O) groups is 2. The Labute approximate surface area is 112 Å². The van der Waals surface area contributed by atoms with Gasteiger partial charge in [-0.1, -0.05) is 6.07 Å². The SMILES string of the molecule is C#CCC1NC(=O)N(c2cccc(C(F)(F)F)c2)C1=O. The first-order valence-corrected chi connectivity index (χ1v) is 5.60. The molecule has 0 bridgehead atoms. The summed E-state index contributed by atoms with van der Waals surface area (Å²) in [5.41, 5.74) is -1.07. The molecule has 20 heavy (non-hydrogen) atoms. The Morgan fingerprint density at radius 2 is 2.05 bits per heavy atom. The topological polar surface area (TPSA) is 49.4 Å². The fourth-order valence-corrected chi connectivity index (χ4v) is 1.85. The van der Waals surface area contributed by atoms with Gasteiger partial charge in [0.1, 0.15) is 6.04 Å². The van der Waals surface area contributed by atoms with Crippen molar-refractivity contribution < 1.29 is 22.8 Å². The molecule has 0 spiro atoms. The number of nitrogens with one attached hydrogen (secondary N) is 1. The summed E-state index contributed by atoms with van der Waals surface area (Å²) < 4.78 is 37.8. The monoisotopic (exact) mass is 282 g/mol. The minimum absolute atomic E-state index is 0.0139. The molecule has 2 rings (SSSR count). The summed E-state index contributed by atoms with van der Waals surface area (Å²) in [6, 6.07) is 2.31. The van der Waals surface area contributed by atoms with E-state index in [1.54, 1.807) is 0 Å². The van der Waals surface area contributed by atoms with Gasteiger partial charge >= 0.3 is 12.2 Å². The summed E-state index contributed by atoms with van der Waals surface area (Å²) in [6.45, 7) is 0. The van der Waals surface area contributed by atoms with E-state index >= 15 is 0 Å². The van der Waals surface area contributed by atoms with Crippen molar-refractivity contribution in [2.24, 2.45) is 0 Å². The zero-order valence-electron chi connectivity index (χ0n) is 10.1. The van der Waals surface area contributed by atoms with Crippen LogP contribution in [0.5, 0.6) is 0 Å². The van der Waals surface area contributed by atoms with Gasteiger partial charge < -0.3 is 5.32 Å². The zero-order valence-corrected chi connectivity index (χ0v) is 10.1. The van der Waals surface area contributed by atoms with Gasteiger partial charge in [0.25, 0.3) is 5.91 Å². The van der Waals surface area contributed by atoms with E-state index in [4.69, 9.17) is 6.42 Å². The predicted octanol–water partition coefficient (Wildman–Crippen LogP) is 2.15. The standard InChI is InChI=1S/C13H9F3N2O2/c1-2-4-10-11(19)18(12(20)17-10)9-6-3-5-8(7-9)13(14,15)16/h1,3,5-7,10H,4H2,(H,17,20). The molecule has 1 saturated heterocycles. The molecule has 7 heteroatoms. The number of hydrogen-bond acceptors (Lipinski definition) is 2. The third-order valence-corrected chi connectivity index (χ3v) is 2.77. The molecule has 1 heterocycles. The molecule has 0 aromatic heterocycles. The van der Waals surface area contributed by atoms with Crippen molar-refractivity contribution in [3.05, 3.63) is 29.8 Å². The van der Waals surface area contributed by atoms with Gasteiger partial charge in [0.05, 0.1) is 11.3 Å². The maximum atomic E-state index is 12.6. The normalized spacial score (nSPS) is 18.9. The Morgan fingerprint density at radius 1 is 1.35 bits per heavy atom. The van der Waals surface area contributed by atoms with Crippen LogP contribution in [0.1, 0.15) is 12.0 Å². The van der Waals surface area contributed by atoms with Crippen LogP contribution in [-0.2, 0) is 11.0 Å². The first-order chi connectivity index (χ1) is 9.34. The summed E-state index contributed by atoms with van der Waals surface area (Å²) in [5.74, 6) is 1.57. The highest BCUT2D eigenvalue weighted by Gasteiger charge is 2.39. The molecule has 0 aliphatic carbocycles. The van der Waals surface area contributed by atoms with Gasteiger partial charge in [0, 0.05) is 6.42 Å². The molecule has 104 valence electrons. The highest BCUT2D eigenvalue weighted by molar-refractivity contribution is 6.21. The quantitative estimate of drug-likeness (QED) is 0.667. The van der Waals surface area contributed by atoms with Crippen LogP contribution in [0.3, 0.4) is 0 Å². The fourth-order valence-electron chi connectivity index (χ4n) is 1.85. The smallest absolute Gasteiger partial charge is 0.324 e. The number of hydrogen-bond donors (Lipinski definition) is 1.